The van der Waals surface area contributed by atoms with Crippen LogP contribution in [0, 0.1) is 41.5 Å². The predicted molar refractivity (Wildman–Crippen MR) is 140 cm³/mol. The van der Waals surface area contributed by atoms with Crippen LogP contribution in [0.4, 0.5) is 0 Å². The molecule has 0 amide bonds. The Labute approximate surface area is 199 Å². The Balaban J connectivity index is 2.36. The predicted octanol–water partition coefficient (Wildman–Crippen LogP) is 9.53. The Morgan fingerprint density at radius 1 is 0.438 bits per heavy atom. The maximum absolute atomic E-state index is 6.40. The van der Waals surface area contributed by atoms with Gasteiger partial charge < -0.3 is 0 Å². The van der Waals surface area contributed by atoms with E-state index in [0.29, 0.717) is 0 Å². The highest BCUT2D eigenvalue weighted by Crippen LogP contribution is 2.77. The van der Waals surface area contributed by atoms with Gasteiger partial charge in [0.05, 0.1) is 0 Å². The molecular weight excluding hydrogens is 428 g/mol. The standard InChI is InChI=1S/C30H31ClS/c1-20-10-7-11-21(2)28(20)32(27-18-16-26(31)17-19-27,29-22(3)12-8-13-23(29)4)30-24(5)14-9-15-25(30)6/h7-19H,1-6H3. The van der Waals surface area contributed by atoms with E-state index in [1.807, 2.05) is 12.1 Å². The maximum Gasteiger partial charge on any atom is 0.0406 e. The lowest BCUT2D eigenvalue weighted by atomic mass is 10.1. The van der Waals surface area contributed by atoms with E-state index in [9.17, 15) is 0 Å². The quantitative estimate of drug-likeness (QED) is 0.285. The average molecular weight is 459 g/mol. The minimum atomic E-state index is -1.77. The van der Waals surface area contributed by atoms with Gasteiger partial charge in [-0.2, -0.15) is 0 Å². The summed E-state index contributed by atoms with van der Waals surface area (Å²) >= 11 is 6.40. The maximum atomic E-state index is 6.40. The molecule has 0 saturated heterocycles. The van der Waals surface area contributed by atoms with Crippen LogP contribution in [0.2, 0.25) is 5.02 Å². The fourth-order valence-corrected chi connectivity index (χ4v) is 10.4. The molecule has 0 N–H and O–H groups in total. The molecule has 0 heterocycles. The van der Waals surface area contributed by atoms with Gasteiger partial charge in [0.2, 0.25) is 0 Å². The lowest BCUT2D eigenvalue weighted by molar-refractivity contribution is 1.09. The molecule has 4 aromatic rings. The van der Waals surface area contributed by atoms with Gasteiger partial charge in [-0.15, -0.1) is 10.0 Å². The Bertz CT molecular complexity index is 1100. The Hall–Kier alpha value is -2.48. The lowest BCUT2D eigenvalue weighted by Gasteiger charge is -2.47. The largest absolute Gasteiger partial charge is 0.131 e. The van der Waals surface area contributed by atoms with Gasteiger partial charge in [-0.05, 0) is 99.2 Å². The highest BCUT2D eigenvalue weighted by molar-refractivity contribution is 8.34. The zero-order chi connectivity index (χ0) is 23.0. The minimum absolute atomic E-state index is 0.770. The van der Waals surface area contributed by atoms with Crippen molar-refractivity contribution in [1.82, 2.24) is 0 Å². The molecule has 0 bridgehead atoms. The number of rotatable bonds is 4. The first-order chi connectivity index (χ1) is 15.3. The lowest BCUT2D eigenvalue weighted by Crippen LogP contribution is -2.13. The summed E-state index contributed by atoms with van der Waals surface area (Å²) in [5.74, 6) is 0. The summed E-state index contributed by atoms with van der Waals surface area (Å²) in [6, 6.07) is 28.7. The normalized spacial score (nSPS) is 12.1. The summed E-state index contributed by atoms with van der Waals surface area (Å²) in [5.41, 5.74) is 8.00. The van der Waals surface area contributed by atoms with Crippen LogP contribution in [0.1, 0.15) is 33.4 Å². The second kappa shape index (κ2) is 8.81. The smallest absolute Gasteiger partial charge is 0.0406 e. The Morgan fingerprint density at radius 2 is 0.719 bits per heavy atom. The van der Waals surface area contributed by atoms with E-state index in [-0.39, 0.29) is 0 Å². The summed E-state index contributed by atoms with van der Waals surface area (Å²) in [7, 11) is -1.77. The molecule has 164 valence electrons. The van der Waals surface area contributed by atoms with Crippen molar-refractivity contribution in [3.05, 3.63) is 117 Å². The molecule has 0 aromatic heterocycles. The SMILES string of the molecule is Cc1cccc(C)c1S(c1ccc(Cl)cc1)(c1c(C)cccc1C)c1c(C)cccc1C. The summed E-state index contributed by atoms with van der Waals surface area (Å²) in [6.07, 6.45) is 0. The molecule has 0 aliphatic carbocycles. The molecule has 0 aliphatic rings. The van der Waals surface area contributed by atoms with E-state index >= 15 is 0 Å². The summed E-state index contributed by atoms with van der Waals surface area (Å²) in [4.78, 5) is 5.65. The zero-order valence-electron chi connectivity index (χ0n) is 19.8. The van der Waals surface area contributed by atoms with Gasteiger partial charge in [0.1, 0.15) is 0 Å². The van der Waals surface area contributed by atoms with Gasteiger partial charge in [-0.3, -0.25) is 0 Å². The van der Waals surface area contributed by atoms with Crippen molar-refractivity contribution < 1.29 is 0 Å². The van der Waals surface area contributed by atoms with Gasteiger partial charge in [0, 0.05) is 24.6 Å². The van der Waals surface area contributed by atoms with Gasteiger partial charge in [-0.1, -0.05) is 66.2 Å². The van der Waals surface area contributed by atoms with Crippen LogP contribution in [0.5, 0.6) is 0 Å². The number of aryl methyl sites for hydroxylation is 6. The van der Waals surface area contributed by atoms with E-state index in [4.69, 9.17) is 11.6 Å². The van der Waals surface area contributed by atoms with Crippen molar-refractivity contribution in [2.24, 2.45) is 0 Å². The molecule has 0 atom stereocenters. The van der Waals surface area contributed by atoms with E-state index in [0.717, 1.165) is 5.02 Å². The molecule has 0 radical (unpaired) electrons. The molecule has 0 saturated carbocycles. The van der Waals surface area contributed by atoms with Crippen LogP contribution in [0.15, 0.2) is 98.4 Å². The Kier molecular flexibility index (Phi) is 6.25. The van der Waals surface area contributed by atoms with Crippen LogP contribution < -0.4 is 0 Å². The van der Waals surface area contributed by atoms with Crippen molar-refractivity contribution in [3.8, 4) is 0 Å². The number of benzene rings is 4. The zero-order valence-corrected chi connectivity index (χ0v) is 21.4. The second-order valence-corrected chi connectivity index (χ2v) is 12.1. The molecule has 0 nitrogen and oxygen atoms in total. The van der Waals surface area contributed by atoms with Crippen LogP contribution in [0.3, 0.4) is 0 Å². The van der Waals surface area contributed by atoms with Gasteiger partial charge in [0.25, 0.3) is 0 Å². The van der Waals surface area contributed by atoms with Crippen molar-refractivity contribution in [3.63, 3.8) is 0 Å². The minimum Gasteiger partial charge on any atom is -0.131 e. The van der Waals surface area contributed by atoms with Crippen molar-refractivity contribution in [2.45, 2.75) is 61.1 Å². The first-order valence-corrected chi connectivity index (χ1v) is 13.1. The first kappa shape index (κ1) is 22.7. The molecule has 4 aromatic carbocycles. The highest BCUT2D eigenvalue weighted by Gasteiger charge is 2.39. The monoisotopic (exact) mass is 458 g/mol. The molecule has 32 heavy (non-hydrogen) atoms. The molecule has 0 fully saturated rings. The Morgan fingerprint density at radius 3 is 1.00 bits per heavy atom. The van der Waals surface area contributed by atoms with E-state index in [1.54, 1.807) is 0 Å². The number of halogens is 1. The summed E-state index contributed by atoms with van der Waals surface area (Å²) in [6.45, 7) is 13.6. The second-order valence-electron chi connectivity index (χ2n) is 8.73. The van der Waals surface area contributed by atoms with Crippen LogP contribution >= 0.6 is 21.6 Å². The topological polar surface area (TPSA) is 0 Å². The van der Waals surface area contributed by atoms with E-state index in [1.165, 1.54) is 53.0 Å². The molecular formula is C30H31ClS. The number of hydrogen-bond acceptors (Lipinski definition) is 0. The molecule has 2 heteroatoms. The molecule has 4 rings (SSSR count). The van der Waals surface area contributed by atoms with Gasteiger partial charge in [-0.25, -0.2) is 0 Å². The van der Waals surface area contributed by atoms with Crippen molar-refractivity contribution in [1.29, 1.82) is 0 Å². The third-order valence-corrected chi connectivity index (χ3v) is 11.3. The molecule has 0 aliphatic heterocycles. The molecule has 0 spiro atoms. The van der Waals surface area contributed by atoms with Crippen LogP contribution in [0.25, 0.3) is 0 Å². The van der Waals surface area contributed by atoms with Crippen LogP contribution in [-0.4, -0.2) is 0 Å². The third-order valence-electron chi connectivity index (χ3n) is 6.31. The number of hydrogen-bond donors (Lipinski definition) is 0. The van der Waals surface area contributed by atoms with Gasteiger partial charge >= 0.3 is 0 Å². The van der Waals surface area contributed by atoms with Crippen molar-refractivity contribution in [2.75, 3.05) is 0 Å². The van der Waals surface area contributed by atoms with E-state index in [2.05, 4.69) is 108 Å². The third kappa shape index (κ3) is 3.58. The summed E-state index contributed by atoms with van der Waals surface area (Å²) in [5, 5.41) is 0.770. The highest BCUT2D eigenvalue weighted by atomic mass is 35.5. The average Bonchev–Trinajstić information content (AvgIpc) is 2.73. The first-order valence-electron chi connectivity index (χ1n) is 11.1. The molecule has 0 unspecified atom stereocenters. The fourth-order valence-electron chi connectivity index (χ4n) is 5.14. The van der Waals surface area contributed by atoms with Crippen LogP contribution in [-0.2, 0) is 0 Å². The van der Waals surface area contributed by atoms with Gasteiger partial charge in [0.15, 0.2) is 0 Å². The van der Waals surface area contributed by atoms with Crippen molar-refractivity contribution >= 4 is 21.6 Å². The van der Waals surface area contributed by atoms with E-state index < -0.39 is 10.0 Å². The fraction of sp³-hybridized carbons (Fsp3) is 0.200. The summed E-state index contributed by atoms with van der Waals surface area (Å²) < 4.78 is 0.